The molecular formula is C16H20ClN5O2. The number of anilines is 2. The molecule has 0 radical (unpaired) electrons. The number of nitrogens with zero attached hydrogens (tertiary/aromatic N) is 3. The molecule has 1 heterocycles. The third-order valence-electron chi connectivity index (χ3n) is 3.14. The molecule has 24 heavy (non-hydrogen) atoms. The van der Waals surface area contributed by atoms with Gasteiger partial charge in [0.1, 0.15) is 11.4 Å². The van der Waals surface area contributed by atoms with E-state index in [2.05, 4.69) is 20.6 Å². The lowest BCUT2D eigenvalue weighted by Gasteiger charge is -2.12. The van der Waals surface area contributed by atoms with E-state index >= 15 is 0 Å². The Balaban J connectivity index is 2.10. The SMILES string of the molecule is COc1ccc(Cl)cc1Nc1nccc(C(=O)NCCN(C)C)n1. The van der Waals surface area contributed by atoms with Crippen LogP contribution in [-0.2, 0) is 0 Å². The first-order valence-corrected chi connectivity index (χ1v) is 7.74. The van der Waals surface area contributed by atoms with Gasteiger partial charge in [-0.25, -0.2) is 9.97 Å². The monoisotopic (exact) mass is 349 g/mol. The molecule has 0 spiro atoms. The second kappa shape index (κ2) is 8.47. The Morgan fingerprint density at radius 1 is 1.33 bits per heavy atom. The number of carbonyl (C=O) groups excluding carboxylic acids is 1. The van der Waals surface area contributed by atoms with Crippen LogP contribution in [0.2, 0.25) is 5.02 Å². The number of halogens is 1. The summed E-state index contributed by atoms with van der Waals surface area (Å²) in [6.07, 6.45) is 1.52. The van der Waals surface area contributed by atoms with Crippen LogP contribution in [0.15, 0.2) is 30.5 Å². The standard InChI is InChI=1S/C16H20ClN5O2/c1-22(2)9-8-18-15(23)12-6-7-19-16(20-12)21-13-10-11(17)4-5-14(13)24-3/h4-7,10H,8-9H2,1-3H3,(H,18,23)(H,19,20,21). The third kappa shape index (κ3) is 5.07. The maximum atomic E-state index is 12.1. The molecule has 2 rings (SSSR count). The van der Waals surface area contributed by atoms with E-state index in [0.29, 0.717) is 23.0 Å². The van der Waals surface area contributed by atoms with Crippen molar-refractivity contribution in [3.05, 3.63) is 41.2 Å². The van der Waals surface area contributed by atoms with Crippen LogP contribution in [0.4, 0.5) is 11.6 Å². The minimum absolute atomic E-state index is 0.250. The number of likely N-dealkylation sites (N-methyl/N-ethyl adjacent to an activating group) is 1. The number of carbonyl (C=O) groups is 1. The summed E-state index contributed by atoms with van der Waals surface area (Å²) in [4.78, 5) is 22.4. The second-order valence-corrected chi connectivity index (χ2v) is 5.73. The van der Waals surface area contributed by atoms with Crippen molar-refractivity contribution in [2.45, 2.75) is 0 Å². The first kappa shape index (κ1) is 18.0. The number of rotatable bonds is 7. The lowest BCUT2D eigenvalue weighted by Crippen LogP contribution is -2.31. The number of nitrogens with one attached hydrogen (secondary N) is 2. The average molecular weight is 350 g/mol. The van der Waals surface area contributed by atoms with E-state index in [1.807, 2.05) is 19.0 Å². The largest absolute Gasteiger partial charge is 0.495 e. The predicted molar refractivity (Wildman–Crippen MR) is 94.2 cm³/mol. The van der Waals surface area contributed by atoms with Gasteiger partial charge in [0.25, 0.3) is 5.91 Å². The highest BCUT2D eigenvalue weighted by Crippen LogP contribution is 2.29. The Labute approximate surface area is 146 Å². The molecule has 8 heteroatoms. The highest BCUT2D eigenvalue weighted by Gasteiger charge is 2.10. The maximum Gasteiger partial charge on any atom is 0.270 e. The molecule has 0 saturated carbocycles. The lowest BCUT2D eigenvalue weighted by molar-refractivity contribution is 0.0946. The quantitative estimate of drug-likeness (QED) is 0.797. The van der Waals surface area contributed by atoms with Gasteiger partial charge in [0.15, 0.2) is 0 Å². The van der Waals surface area contributed by atoms with Crippen molar-refractivity contribution in [1.82, 2.24) is 20.2 Å². The fraction of sp³-hybridized carbons (Fsp3) is 0.312. The number of hydrogen-bond acceptors (Lipinski definition) is 6. The molecule has 128 valence electrons. The fourth-order valence-electron chi connectivity index (χ4n) is 1.93. The molecule has 1 aromatic heterocycles. The molecule has 7 nitrogen and oxygen atoms in total. The lowest BCUT2D eigenvalue weighted by atomic mass is 10.3. The minimum atomic E-state index is -0.250. The third-order valence-corrected chi connectivity index (χ3v) is 3.38. The molecule has 1 amide bonds. The van der Waals surface area contributed by atoms with Crippen molar-refractivity contribution in [1.29, 1.82) is 0 Å². The zero-order valence-electron chi connectivity index (χ0n) is 13.8. The summed E-state index contributed by atoms with van der Waals surface area (Å²) in [5.41, 5.74) is 0.905. The van der Waals surface area contributed by atoms with Crippen LogP contribution in [0.5, 0.6) is 5.75 Å². The summed E-state index contributed by atoms with van der Waals surface area (Å²) in [5.74, 6) is 0.639. The van der Waals surface area contributed by atoms with Crippen molar-refractivity contribution >= 4 is 29.1 Å². The van der Waals surface area contributed by atoms with E-state index in [-0.39, 0.29) is 17.5 Å². The number of benzene rings is 1. The summed E-state index contributed by atoms with van der Waals surface area (Å²) in [6.45, 7) is 1.29. The van der Waals surface area contributed by atoms with Crippen LogP contribution >= 0.6 is 11.6 Å². The Hall–Kier alpha value is -2.38. The summed E-state index contributed by atoms with van der Waals surface area (Å²) in [6, 6.07) is 6.72. The van der Waals surface area contributed by atoms with E-state index < -0.39 is 0 Å². The van der Waals surface area contributed by atoms with Gasteiger partial charge in [-0.15, -0.1) is 0 Å². The van der Waals surface area contributed by atoms with Gasteiger partial charge >= 0.3 is 0 Å². The van der Waals surface area contributed by atoms with Gasteiger partial charge in [0.2, 0.25) is 5.95 Å². The Morgan fingerprint density at radius 2 is 2.12 bits per heavy atom. The van der Waals surface area contributed by atoms with Crippen LogP contribution in [0.25, 0.3) is 0 Å². The van der Waals surface area contributed by atoms with Gasteiger partial charge in [-0.1, -0.05) is 11.6 Å². The summed E-state index contributed by atoms with van der Waals surface area (Å²) >= 11 is 6.00. The number of aromatic nitrogens is 2. The van der Waals surface area contributed by atoms with Gasteiger partial charge in [0, 0.05) is 24.3 Å². The van der Waals surface area contributed by atoms with Gasteiger partial charge in [-0.05, 0) is 38.4 Å². The van der Waals surface area contributed by atoms with Crippen molar-refractivity contribution in [3.8, 4) is 5.75 Å². The first-order chi connectivity index (χ1) is 11.5. The molecule has 0 aliphatic heterocycles. The van der Waals surface area contributed by atoms with Crippen molar-refractivity contribution in [3.63, 3.8) is 0 Å². The first-order valence-electron chi connectivity index (χ1n) is 7.36. The highest BCUT2D eigenvalue weighted by molar-refractivity contribution is 6.31. The molecule has 2 aromatic rings. The van der Waals surface area contributed by atoms with Crippen LogP contribution in [0.1, 0.15) is 10.5 Å². The maximum absolute atomic E-state index is 12.1. The highest BCUT2D eigenvalue weighted by atomic mass is 35.5. The molecule has 2 N–H and O–H groups in total. The molecular weight excluding hydrogens is 330 g/mol. The number of hydrogen-bond donors (Lipinski definition) is 2. The van der Waals surface area contributed by atoms with E-state index in [9.17, 15) is 4.79 Å². The van der Waals surface area contributed by atoms with Crippen LogP contribution in [0.3, 0.4) is 0 Å². The van der Waals surface area contributed by atoms with Gasteiger partial charge < -0.3 is 20.3 Å². The van der Waals surface area contributed by atoms with Crippen molar-refractivity contribution in [2.75, 3.05) is 39.6 Å². The molecule has 0 bridgehead atoms. The molecule has 0 aliphatic rings. The fourth-order valence-corrected chi connectivity index (χ4v) is 2.10. The van der Waals surface area contributed by atoms with Crippen LogP contribution in [-0.4, -0.2) is 55.1 Å². The topological polar surface area (TPSA) is 79.4 Å². The molecule has 0 fully saturated rings. The normalized spacial score (nSPS) is 10.5. The van der Waals surface area contributed by atoms with E-state index in [4.69, 9.17) is 16.3 Å². The molecule has 0 atom stereocenters. The Bertz CT molecular complexity index is 709. The van der Waals surface area contributed by atoms with Crippen molar-refractivity contribution < 1.29 is 9.53 Å². The Kier molecular flexibility index (Phi) is 6.34. The molecule has 1 aromatic carbocycles. The average Bonchev–Trinajstić information content (AvgIpc) is 2.55. The Morgan fingerprint density at radius 3 is 2.83 bits per heavy atom. The number of ether oxygens (including phenoxy) is 1. The van der Waals surface area contributed by atoms with E-state index in [1.165, 1.54) is 6.20 Å². The van der Waals surface area contributed by atoms with Gasteiger partial charge in [0.05, 0.1) is 12.8 Å². The number of methoxy groups -OCH3 is 1. The number of amides is 1. The summed E-state index contributed by atoms with van der Waals surface area (Å²) in [7, 11) is 5.44. The zero-order valence-corrected chi connectivity index (χ0v) is 14.6. The molecule has 0 unspecified atom stereocenters. The molecule has 0 aliphatic carbocycles. The minimum Gasteiger partial charge on any atom is -0.495 e. The summed E-state index contributed by atoms with van der Waals surface area (Å²) < 4.78 is 5.27. The van der Waals surface area contributed by atoms with Crippen LogP contribution in [0, 0.1) is 0 Å². The smallest absolute Gasteiger partial charge is 0.270 e. The second-order valence-electron chi connectivity index (χ2n) is 5.29. The van der Waals surface area contributed by atoms with E-state index in [0.717, 1.165) is 6.54 Å². The summed E-state index contributed by atoms with van der Waals surface area (Å²) in [5, 5.41) is 6.37. The van der Waals surface area contributed by atoms with E-state index in [1.54, 1.807) is 31.4 Å². The molecule has 0 saturated heterocycles. The predicted octanol–water partition coefficient (Wildman–Crippen LogP) is 2.17. The van der Waals surface area contributed by atoms with Gasteiger partial charge in [-0.2, -0.15) is 0 Å². The zero-order chi connectivity index (χ0) is 17.5. The van der Waals surface area contributed by atoms with Crippen molar-refractivity contribution in [2.24, 2.45) is 0 Å². The van der Waals surface area contributed by atoms with Gasteiger partial charge in [-0.3, -0.25) is 4.79 Å². The van der Waals surface area contributed by atoms with Crippen LogP contribution < -0.4 is 15.4 Å².